The maximum atomic E-state index is 11.4. The molecular weight excluding hydrogens is 274 g/mol. The van der Waals surface area contributed by atoms with Crippen molar-refractivity contribution in [1.29, 1.82) is 0 Å². The van der Waals surface area contributed by atoms with Gasteiger partial charge in [-0.15, -0.1) is 0 Å². The first-order chi connectivity index (χ1) is 9.75. The molecule has 0 radical (unpaired) electrons. The first kappa shape index (κ1) is 12.9. The van der Waals surface area contributed by atoms with Crippen molar-refractivity contribution >= 4 is 28.3 Å². The molecule has 0 bridgehead atoms. The van der Waals surface area contributed by atoms with Crippen molar-refractivity contribution in [3.05, 3.63) is 24.5 Å². The summed E-state index contributed by atoms with van der Waals surface area (Å²) < 4.78 is 4.27. The van der Waals surface area contributed by atoms with E-state index in [4.69, 9.17) is 5.73 Å². The van der Waals surface area contributed by atoms with Crippen LogP contribution in [0.5, 0.6) is 0 Å². The van der Waals surface area contributed by atoms with Gasteiger partial charge in [-0.25, -0.2) is 0 Å². The Morgan fingerprint density at radius 3 is 2.90 bits per heavy atom. The van der Waals surface area contributed by atoms with Gasteiger partial charge in [0.25, 0.3) is 0 Å². The first-order valence-electron chi connectivity index (χ1n) is 6.43. The zero-order chi connectivity index (χ0) is 13.9. The number of pyridine rings is 1. The third kappa shape index (κ3) is 2.44. The van der Waals surface area contributed by atoms with E-state index < -0.39 is 0 Å². The summed E-state index contributed by atoms with van der Waals surface area (Å²) in [6.07, 6.45) is 3.97. The summed E-state index contributed by atoms with van der Waals surface area (Å²) in [6, 6.07) is 3.84. The number of hydrogen-bond donors (Lipinski definition) is 2. The van der Waals surface area contributed by atoms with Crippen molar-refractivity contribution in [1.82, 2.24) is 14.7 Å². The lowest BCUT2D eigenvalue weighted by molar-refractivity contribution is -0.120. The molecule has 3 rings (SSSR count). The number of nitrogen functional groups attached to an aromatic ring is 1. The van der Waals surface area contributed by atoms with Gasteiger partial charge in [-0.1, -0.05) is 0 Å². The van der Waals surface area contributed by atoms with E-state index in [2.05, 4.69) is 19.6 Å². The average molecular weight is 289 g/mol. The van der Waals surface area contributed by atoms with Crippen molar-refractivity contribution in [3.8, 4) is 11.1 Å². The third-order valence-electron chi connectivity index (χ3n) is 3.27. The van der Waals surface area contributed by atoms with Crippen LogP contribution in [0.15, 0.2) is 24.5 Å². The number of hydrogen-bond acceptors (Lipinski definition) is 6. The van der Waals surface area contributed by atoms with E-state index in [1.807, 2.05) is 12.1 Å². The Hall–Kier alpha value is -2.15. The Kier molecular flexibility index (Phi) is 3.51. The molecule has 3 N–H and O–H groups in total. The van der Waals surface area contributed by atoms with Crippen molar-refractivity contribution in [3.63, 3.8) is 0 Å². The number of carbonyl (C=O) groups is 1. The fraction of sp³-hybridized carbons (Fsp3) is 0.308. The summed E-state index contributed by atoms with van der Waals surface area (Å²) in [7, 11) is 0. The van der Waals surface area contributed by atoms with Gasteiger partial charge in [-0.05, 0) is 29.2 Å². The number of nitrogens with one attached hydrogen (secondary N) is 1. The van der Waals surface area contributed by atoms with E-state index in [9.17, 15) is 4.79 Å². The molecule has 7 heteroatoms. The lowest BCUT2D eigenvalue weighted by Gasteiger charge is -2.21. The summed E-state index contributed by atoms with van der Waals surface area (Å²) in [5, 5.41) is 3.89. The molecule has 1 aliphatic heterocycles. The maximum absolute atomic E-state index is 11.4. The molecule has 1 aliphatic rings. The highest BCUT2D eigenvalue weighted by molar-refractivity contribution is 7.11. The van der Waals surface area contributed by atoms with Crippen LogP contribution in [0.2, 0.25) is 0 Å². The molecule has 1 saturated heterocycles. The van der Waals surface area contributed by atoms with Gasteiger partial charge in [0.1, 0.15) is 10.8 Å². The third-order valence-corrected chi connectivity index (χ3v) is 4.19. The van der Waals surface area contributed by atoms with Gasteiger partial charge in [0.15, 0.2) is 0 Å². The van der Waals surface area contributed by atoms with E-state index >= 15 is 0 Å². The lowest BCUT2D eigenvalue weighted by Crippen LogP contribution is -2.28. The summed E-state index contributed by atoms with van der Waals surface area (Å²) in [4.78, 5) is 17.6. The SMILES string of the molecule is Nc1nsc(N2CCNC(=O)CC2)c1-c1ccncc1. The normalized spacial score (nSPS) is 15.8. The zero-order valence-corrected chi connectivity index (χ0v) is 11.7. The Labute approximate surface area is 120 Å². The van der Waals surface area contributed by atoms with Crippen LogP contribution in [0.1, 0.15) is 6.42 Å². The number of nitrogens with two attached hydrogens (primary N) is 1. The molecule has 0 aromatic carbocycles. The standard InChI is InChI=1S/C13H15N5OS/c14-12-11(9-1-4-15-5-2-9)13(20-17-12)18-7-3-10(19)16-6-8-18/h1-2,4-5H,3,6-8H2,(H2,14,17)(H,16,19). The molecule has 0 saturated carbocycles. The van der Waals surface area contributed by atoms with E-state index in [1.54, 1.807) is 12.4 Å². The van der Waals surface area contributed by atoms with Gasteiger partial charge >= 0.3 is 0 Å². The van der Waals surface area contributed by atoms with Crippen LogP contribution in [0, 0.1) is 0 Å². The second-order valence-corrected chi connectivity index (χ2v) is 5.32. The summed E-state index contributed by atoms with van der Waals surface area (Å²) >= 11 is 1.38. The molecular formula is C13H15N5OS. The van der Waals surface area contributed by atoms with Crippen molar-refractivity contribution in [2.75, 3.05) is 30.3 Å². The van der Waals surface area contributed by atoms with Gasteiger partial charge in [0, 0.05) is 38.4 Å². The molecule has 3 heterocycles. The van der Waals surface area contributed by atoms with E-state index in [0.717, 1.165) is 22.7 Å². The molecule has 104 valence electrons. The fourth-order valence-electron chi connectivity index (χ4n) is 2.27. The van der Waals surface area contributed by atoms with Crippen molar-refractivity contribution < 1.29 is 4.79 Å². The Morgan fingerprint density at radius 2 is 2.10 bits per heavy atom. The molecule has 1 fully saturated rings. The molecule has 0 atom stereocenters. The average Bonchev–Trinajstić information content (AvgIpc) is 2.71. The highest BCUT2D eigenvalue weighted by Crippen LogP contribution is 2.39. The second-order valence-electron chi connectivity index (χ2n) is 4.57. The molecule has 20 heavy (non-hydrogen) atoms. The smallest absolute Gasteiger partial charge is 0.221 e. The fourth-order valence-corrected chi connectivity index (χ4v) is 3.16. The minimum absolute atomic E-state index is 0.0930. The summed E-state index contributed by atoms with van der Waals surface area (Å²) in [5.74, 6) is 0.621. The molecule has 1 amide bonds. The number of carbonyl (C=O) groups excluding carboxylic acids is 1. The molecule has 0 aliphatic carbocycles. The second kappa shape index (κ2) is 5.46. The summed E-state index contributed by atoms with van der Waals surface area (Å²) in [6.45, 7) is 2.10. The van der Waals surface area contributed by atoms with Gasteiger partial charge in [0.05, 0.1) is 5.56 Å². The number of anilines is 2. The van der Waals surface area contributed by atoms with E-state index in [1.165, 1.54) is 11.5 Å². The number of aromatic nitrogens is 2. The van der Waals surface area contributed by atoms with Crippen LogP contribution in [-0.2, 0) is 4.79 Å². The van der Waals surface area contributed by atoms with Crippen molar-refractivity contribution in [2.45, 2.75) is 6.42 Å². The number of rotatable bonds is 2. The Bertz CT molecular complexity index is 612. The molecule has 2 aromatic rings. The molecule has 6 nitrogen and oxygen atoms in total. The van der Waals surface area contributed by atoms with Gasteiger partial charge < -0.3 is 16.0 Å². The molecule has 0 unspecified atom stereocenters. The predicted molar refractivity (Wildman–Crippen MR) is 79.6 cm³/mol. The lowest BCUT2D eigenvalue weighted by atomic mass is 10.1. The minimum Gasteiger partial charge on any atom is -0.382 e. The minimum atomic E-state index is 0.0930. The van der Waals surface area contributed by atoms with Crippen LogP contribution in [-0.4, -0.2) is 34.9 Å². The first-order valence-corrected chi connectivity index (χ1v) is 7.20. The maximum Gasteiger partial charge on any atom is 0.221 e. The highest BCUT2D eigenvalue weighted by Gasteiger charge is 2.21. The number of amides is 1. The predicted octanol–water partition coefficient (Wildman–Crippen LogP) is 1.11. The molecule has 2 aromatic heterocycles. The van der Waals surface area contributed by atoms with Crippen LogP contribution in [0.25, 0.3) is 11.1 Å². The van der Waals surface area contributed by atoms with E-state index in [0.29, 0.717) is 25.3 Å². The van der Waals surface area contributed by atoms with Gasteiger partial charge in [-0.2, -0.15) is 4.37 Å². The van der Waals surface area contributed by atoms with Gasteiger partial charge in [0.2, 0.25) is 5.91 Å². The summed E-state index contributed by atoms with van der Waals surface area (Å²) in [5.41, 5.74) is 7.96. The highest BCUT2D eigenvalue weighted by atomic mass is 32.1. The van der Waals surface area contributed by atoms with Crippen LogP contribution in [0.3, 0.4) is 0 Å². The largest absolute Gasteiger partial charge is 0.382 e. The van der Waals surface area contributed by atoms with E-state index in [-0.39, 0.29) is 5.91 Å². The van der Waals surface area contributed by atoms with Crippen LogP contribution in [0.4, 0.5) is 10.8 Å². The van der Waals surface area contributed by atoms with Crippen LogP contribution < -0.4 is 16.0 Å². The number of nitrogens with zero attached hydrogens (tertiary/aromatic N) is 3. The topological polar surface area (TPSA) is 84.1 Å². The van der Waals surface area contributed by atoms with Crippen molar-refractivity contribution in [2.24, 2.45) is 0 Å². The zero-order valence-electron chi connectivity index (χ0n) is 10.9. The quantitative estimate of drug-likeness (QED) is 0.865. The monoisotopic (exact) mass is 289 g/mol. The molecule has 0 spiro atoms. The van der Waals surface area contributed by atoms with Gasteiger partial charge in [-0.3, -0.25) is 9.78 Å². The Balaban J connectivity index is 1.96. The Morgan fingerprint density at radius 1 is 1.30 bits per heavy atom. The van der Waals surface area contributed by atoms with Crippen LogP contribution >= 0.6 is 11.5 Å².